The monoisotopic (exact) mass is 607 g/mol. The molecule has 0 bridgehead atoms. The molecule has 1 saturated heterocycles. The fourth-order valence-corrected chi connectivity index (χ4v) is 6.80. The Labute approximate surface area is 261 Å². The maximum absolute atomic E-state index is 14.1. The zero-order valence-corrected chi connectivity index (χ0v) is 27.9. The van der Waals surface area contributed by atoms with E-state index in [1.165, 1.54) is 5.56 Å². The molecule has 3 aromatic rings. The van der Waals surface area contributed by atoms with Crippen molar-refractivity contribution in [3.05, 3.63) is 47.0 Å². The lowest BCUT2D eigenvalue weighted by Crippen LogP contribution is -2.42. The van der Waals surface area contributed by atoms with Crippen LogP contribution in [0.1, 0.15) is 83.3 Å². The highest BCUT2D eigenvalue weighted by Crippen LogP contribution is 2.45. The summed E-state index contributed by atoms with van der Waals surface area (Å²) in [5, 5.41) is 2.08. The van der Waals surface area contributed by atoms with E-state index in [0.717, 1.165) is 84.1 Å². The van der Waals surface area contributed by atoms with Crippen LogP contribution in [0.2, 0.25) is 0 Å². The van der Waals surface area contributed by atoms with Crippen molar-refractivity contribution in [2.24, 2.45) is 5.92 Å². The number of benzene rings is 1. The standard InChI is InChI=1S/C31H37N3O4S.2C2H6/c1-20(2)38-27-19-23-22(17-26(27)37-3)10-13-34-25(18-24(29(23)34)28-9-5-16-39-28)31(36)33-12-6-11-32(14-15-33)30(35)21-7-4-8-21;2*1-2/h5,9,16-21H,4,6-8,10-15H2,1-3H3;2*1-2H3. The lowest BCUT2D eigenvalue weighted by Gasteiger charge is -2.31. The molecule has 6 rings (SSSR count). The van der Waals surface area contributed by atoms with Crippen molar-refractivity contribution in [1.82, 2.24) is 14.4 Å². The SMILES string of the molecule is CC.CC.COc1cc2c(cc1OC(C)C)-c1c(-c3cccs3)cc(C(=O)N3CCCN(C(=O)C4CCC4)CC3)n1CC2. The molecule has 2 aromatic heterocycles. The molecule has 2 amide bonds. The summed E-state index contributed by atoms with van der Waals surface area (Å²) in [7, 11) is 1.68. The maximum Gasteiger partial charge on any atom is 0.270 e. The van der Waals surface area contributed by atoms with Crippen LogP contribution in [0.5, 0.6) is 11.5 Å². The van der Waals surface area contributed by atoms with E-state index in [1.54, 1.807) is 18.4 Å². The summed E-state index contributed by atoms with van der Waals surface area (Å²) in [5.74, 6) is 1.98. The Morgan fingerprint density at radius 3 is 2.23 bits per heavy atom. The second kappa shape index (κ2) is 15.0. The van der Waals surface area contributed by atoms with Crippen molar-refractivity contribution >= 4 is 23.2 Å². The number of hydrogen-bond acceptors (Lipinski definition) is 5. The Morgan fingerprint density at radius 1 is 0.884 bits per heavy atom. The summed E-state index contributed by atoms with van der Waals surface area (Å²) in [4.78, 5) is 32.0. The Bertz CT molecular complexity index is 1370. The number of aromatic nitrogens is 1. The van der Waals surface area contributed by atoms with Gasteiger partial charge in [0.1, 0.15) is 5.69 Å². The number of carbonyl (C=O) groups is 2. The van der Waals surface area contributed by atoms with E-state index in [0.29, 0.717) is 19.6 Å². The number of hydrogen-bond donors (Lipinski definition) is 0. The van der Waals surface area contributed by atoms with Gasteiger partial charge in [0.25, 0.3) is 5.91 Å². The van der Waals surface area contributed by atoms with Gasteiger partial charge in [0, 0.05) is 54.6 Å². The Kier molecular flexibility index (Phi) is 11.4. The average molecular weight is 608 g/mol. The van der Waals surface area contributed by atoms with Crippen molar-refractivity contribution in [2.75, 3.05) is 33.3 Å². The average Bonchev–Trinajstić information content (AvgIpc) is 3.59. The van der Waals surface area contributed by atoms with Crippen LogP contribution < -0.4 is 9.47 Å². The van der Waals surface area contributed by atoms with E-state index in [9.17, 15) is 9.59 Å². The molecule has 1 aliphatic carbocycles. The molecule has 0 N–H and O–H groups in total. The fraction of sp³-hybridized carbons (Fsp3) is 0.543. The van der Waals surface area contributed by atoms with Crippen molar-refractivity contribution in [3.63, 3.8) is 0 Å². The lowest BCUT2D eigenvalue weighted by molar-refractivity contribution is -0.138. The largest absolute Gasteiger partial charge is 0.493 e. The van der Waals surface area contributed by atoms with Crippen LogP contribution in [0.15, 0.2) is 35.7 Å². The number of amides is 2. The quantitative estimate of drug-likeness (QED) is 0.287. The molecular formula is C35H49N3O4S. The van der Waals surface area contributed by atoms with Gasteiger partial charge in [0.05, 0.1) is 18.9 Å². The molecule has 2 aliphatic heterocycles. The number of thiophene rings is 1. The van der Waals surface area contributed by atoms with Gasteiger partial charge in [-0.05, 0) is 74.7 Å². The van der Waals surface area contributed by atoms with E-state index in [4.69, 9.17) is 9.47 Å². The number of carbonyl (C=O) groups excluding carboxylic acids is 2. The number of rotatable bonds is 6. The predicted molar refractivity (Wildman–Crippen MR) is 176 cm³/mol. The van der Waals surface area contributed by atoms with E-state index in [-0.39, 0.29) is 23.8 Å². The number of methoxy groups -OCH3 is 1. The number of fused-ring (bicyclic) bond motifs is 3. The third-order valence-electron chi connectivity index (χ3n) is 8.26. The van der Waals surface area contributed by atoms with Crippen molar-refractivity contribution in [3.8, 4) is 33.2 Å². The first-order chi connectivity index (χ1) is 20.9. The van der Waals surface area contributed by atoms with E-state index in [2.05, 4.69) is 40.3 Å². The van der Waals surface area contributed by atoms with Crippen LogP contribution in [0.25, 0.3) is 21.7 Å². The predicted octanol–water partition coefficient (Wildman–Crippen LogP) is 7.76. The van der Waals surface area contributed by atoms with E-state index < -0.39 is 0 Å². The highest BCUT2D eigenvalue weighted by molar-refractivity contribution is 7.13. The molecule has 3 aliphatic rings. The molecule has 234 valence electrons. The van der Waals surface area contributed by atoms with Gasteiger partial charge in [-0.1, -0.05) is 40.2 Å². The highest BCUT2D eigenvalue weighted by Gasteiger charge is 2.33. The van der Waals surface area contributed by atoms with Gasteiger partial charge in [-0.15, -0.1) is 11.3 Å². The van der Waals surface area contributed by atoms with Gasteiger partial charge < -0.3 is 23.8 Å². The van der Waals surface area contributed by atoms with Crippen LogP contribution in [0, 0.1) is 5.92 Å². The fourth-order valence-electron chi connectivity index (χ4n) is 6.05. The second-order valence-corrected chi connectivity index (χ2v) is 12.0. The van der Waals surface area contributed by atoms with E-state index >= 15 is 0 Å². The molecule has 0 radical (unpaired) electrons. The molecular weight excluding hydrogens is 558 g/mol. The van der Waals surface area contributed by atoms with Crippen LogP contribution in [0.3, 0.4) is 0 Å². The number of aryl methyl sites for hydroxylation is 1. The second-order valence-electron chi connectivity index (χ2n) is 11.1. The van der Waals surface area contributed by atoms with Gasteiger partial charge in [-0.2, -0.15) is 0 Å². The molecule has 1 aromatic carbocycles. The molecule has 4 heterocycles. The molecule has 1 saturated carbocycles. The van der Waals surface area contributed by atoms with Crippen LogP contribution in [0.4, 0.5) is 0 Å². The topological polar surface area (TPSA) is 64.0 Å². The van der Waals surface area contributed by atoms with Crippen molar-refractivity contribution < 1.29 is 19.1 Å². The lowest BCUT2D eigenvalue weighted by atomic mass is 9.84. The summed E-state index contributed by atoms with van der Waals surface area (Å²) in [6.45, 7) is 15.3. The number of nitrogens with zero attached hydrogens (tertiary/aromatic N) is 3. The van der Waals surface area contributed by atoms with Crippen molar-refractivity contribution in [2.45, 2.75) is 86.3 Å². The summed E-state index contributed by atoms with van der Waals surface area (Å²) < 4.78 is 14.0. The van der Waals surface area contributed by atoms with Gasteiger partial charge >= 0.3 is 0 Å². The zero-order chi connectivity index (χ0) is 31.1. The Hall–Kier alpha value is -3.26. The van der Waals surface area contributed by atoms with Crippen LogP contribution in [-0.4, -0.2) is 65.6 Å². The first-order valence-corrected chi connectivity index (χ1v) is 17.1. The summed E-state index contributed by atoms with van der Waals surface area (Å²) in [6.07, 6.45) is 4.81. The zero-order valence-electron chi connectivity index (χ0n) is 27.1. The normalized spacial score (nSPS) is 16.0. The van der Waals surface area contributed by atoms with Gasteiger partial charge in [-0.25, -0.2) is 0 Å². The minimum atomic E-state index is 0.0139. The molecule has 0 atom stereocenters. The Morgan fingerprint density at radius 2 is 1.60 bits per heavy atom. The van der Waals surface area contributed by atoms with Gasteiger partial charge in [-0.3, -0.25) is 9.59 Å². The van der Waals surface area contributed by atoms with Crippen molar-refractivity contribution in [1.29, 1.82) is 0 Å². The third-order valence-corrected chi connectivity index (χ3v) is 9.17. The molecule has 43 heavy (non-hydrogen) atoms. The molecule has 2 fully saturated rings. The van der Waals surface area contributed by atoms with Crippen LogP contribution >= 0.6 is 11.3 Å². The number of ether oxygens (including phenoxy) is 2. The summed E-state index contributed by atoms with van der Waals surface area (Å²) >= 11 is 1.69. The minimum Gasteiger partial charge on any atom is -0.493 e. The minimum absolute atomic E-state index is 0.0139. The first-order valence-electron chi connectivity index (χ1n) is 16.2. The summed E-state index contributed by atoms with van der Waals surface area (Å²) in [6, 6.07) is 10.4. The molecule has 0 unspecified atom stereocenters. The smallest absolute Gasteiger partial charge is 0.270 e. The molecule has 7 nitrogen and oxygen atoms in total. The van der Waals surface area contributed by atoms with E-state index in [1.807, 2.05) is 51.3 Å². The van der Waals surface area contributed by atoms with Gasteiger partial charge in [0.2, 0.25) is 5.91 Å². The van der Waals surface area contributed by atoms with Gasteiger partial charge in [0.15, 0.2) is 11.5 Å². The Balaban J connectivity index is 0.00000102. The molecule has 0 spiro atoms. The third kappa shape index (κ3) is 6.79. The first kappa shape index (κ1) is 32.6. The maximum atomic E-state index is 14.1. The summed E-state index contributed by atoms with van der Waals surface area (Å²) in [5.41, 5.74) is 5.15. The highest BCUT2D eigenvalue weighted by atomic mass is 32.1. The molecule has 8 heteroatoms. The van der Waals surface area contributed by atoms with Crippen LogP contribution in [-0.2, 0) is 17.8 Å².